The number of aliphatic hydroxyl groups excluding tert-OH is 1. The van der Waals surface area contributed by atoms with Gasteiger partial charge in [-0.1, -0.05) is 18.2 Å². The van der Waals surface area contributed by atoms with Crippen molar-refractivity contribution in [1.82, 2.24) is 14.3 Å². The minimum Gasteiger partial charge on any atom is -0.497 e. The molecule has 0 aliphatic heterocycles. The Morgan fingerprint density at radius 3 is 2.73 bits per heavy atom. The van der Waals surface area contributed by atoms with Gasteiger partial charge in [0.2, 0.25) is 0 Å². The van der Waals surface area contributed by atoms with Gasteiger partial charge in [-0.15, -0.1) is 0 Å². The summed E-state index contributed by atoms with van der Waals surface area (Å²) in [5, 5.41) is 15.5. The second-order valence-electron chi connectivity index (χ2n) is 6.29. The summed E-state index contributed by atoms with van der Waals surface area (Å²) < 4.78 is 8.59. The zero-order valence-corrected chi connectivity index (χ0v) is 14.6. The molecule has 2 heterocycles. The number of aryl methyl sites for hydroxylation is 1. The van der Waals surface area contributed by atoms with Gasteiger partial charge in [0.1, 0.15) is 11.3 Å². The highest BCUT2D eigenvalue weighted by molar-refractivity contribution is 6.07. The Bertz CT molecular complexity index is 1170. The van der Waals surface area contributed by atoms with Crippen molar-refractivity contribution in [3.8, 4) is 5.75 Å². The van der Waals surface area contributed by atoms with Crippen LogP contribution in [0.4, 0.5) is 0 Å². The Kier molecular flexibility index (Phi) is 3.97. The van der Waals surface area contributed by atoms with E-state index in [0.29, 0.717) is 12.1 Å². The maximum atomic E-state index is 13.0. The van der Waals surface area contributed by atoms with Crippen molar-refractivity contribution >= 4 is 21.8 Å². The summed E-state index contributed by atoms with van der Waals surface area (Å²) in [6.07, 6.45) is 1.72. The number of aliphatic hydroxyl groups is 1. The molecule has 1 N–H and O–H groups in total. The number of hydrogen-bond donors (Lipinski definition) is 1. The van der Waals surface area contributed by atoms with Crippen LogP contribution >= 0.6 is 0 Å². The van der Waals surface area contributed by atoms with Gasteiger partial charge in [0, 0.05) is 23.3 Å². The number of nitrogens with zero attached hydrogens (tertiary/aromatic N) is 3. The molecule has 0 radical (unpaired) electrons. The summed E-state index contributed by atoms with van der Waals surface area (Å²) in [5.41, 5.74) is 3.16. The maximum Gasteiger partial charge on any atom is 0.291 e. The molecule has 4 rings (SSSR count). The summed E-state index contributed by atoms with van der Waals surface area (Å²) in [7, 11) is 3.49. The number of benzene rings is 2. The molecule has 6 heteroatoms. The van der Waals surface area contributed by atoms with E-state index in [2.05, 4.69) is 5.10 Å². The van der Waals surface area contributed by atoms with Crippen LogP contribution in [0.5, 0.6) is 5.75 Å². The first-order valence-corrected chi connectivity index (χ1v) is 8.33. The number of aromatic nitrogens is 3. The van der Waals surface area contributed by atoms with E-state index in [1.807, 2.05) is 54.1 Å². The van der Waals surface area contributed by atoms with Crippen molar-refractivity contribution in [3.05, 3.63) is 70.1 Å². The van der Waals surface area contributed by atoms with Crippen molar-refractivity contribution in [2.75, 3.05) is 7.11 Å². The monoisotopic (exact) mass is 349 g/mol. The third-order valence-electron chi connectivity index (χ3n) is 4.72. The molecule has 0 fully saturated rings. The summed E-state index contributed by atoms with van der Waals surface area (Å²) in [6, 6.07) is 13.3. The van der Waals surface area contributed by atoms with Crippen molar-refractivity contribution < 1.29 is 9.84 Å². The van der Waals surface area contributed by atoms with Crippen LogP contribution in [0.3, 0.4) is 0 Å². The second-order valence-corrected chi connectivity index (χ2v) is 6.29. The standard InChI is InChI=1S/C20H19N3O3/c1-22-18-7-6-14(12-24)9-16(18)17-10-21-23(20(25)19(17)22)11-13-4-3-5-15(8-13)26-2/h3-10,24H,11-12H2,1-2H3. The van der Waals surface area contributed by atoms with Gasteiger partial charge in [0.15, 0.2) is 0 Å². The highest BCUT2D eigenvalue weighted by atomic mass is 16.5. The molecular formula is C20H19N3O3. The Hall–Kier alpha value is -3.12. The molecule has 132 valence electrons. The molecule has 0 saturated heterocycles. The van der Waals surface area contributed by atoms with E-state index in [9.17, 15) is 9.90 Å². The first-order chi connectivity index (χ1) is 12.6. The SMILES string of the molecule is COc1cccc(Cn2ncc3c4cc(CO)ccc4n(C)c3c2=O)c1. The highest BCUT2D eigenvalue weighted by Crippen LogP contribution is 2.26. The number of fused-ring (bicyclic) bond motifs is 3. The molecule has 0 atom stereocenters. The van der Waals surface area contributed by atoms with E-state index < -0.39 is 0 Å². The summed E-state index contributed by atoms with van der Waals surface area (Å²) in [4.78, 5) is 13.0. The van der Waals surface area contributed by atoms with E-state index in [0.717, 1.165) is 33.2 Å². The minimum atomic E-state index is -0.144. The van der Waals surface area contributed by atoms with Crippen LogP contribution in [0.1, 0.15) is 11.1 Å². The van der Waals surface area contributed by atoms with E-state index >= 15 is 0 Å². The minimum absolute atomic E-state index is 0.0351. The van der Waals surface area contributed by atoms with Crippen molar-refractivity contribution in [2.24, 2.45) is 7.05 Å². The molecule has 0 bridgehead atoms. The molecule has 26 heavy (non-hydrogen) atoms. The Morgan fingerprint density at radius 2 is 1.96 bits per heavy atom. The fourth-order valence-corrected chi connectivity index (χ4v) is 3.37. The smallest absolute Gasteiger partial charge is 0.291 e. The average molecular weight is 349 g/mol. The predicted molar refractivity (Wildman–Crippen MR) is 100 cm³/mol. The molecular weight excluding hydrogens is 330 g/mol. The topological polar surface area (TPSA) is 69.3 Å². The molecule has 0 aliphatic carbocycles. The zero-order valence-electron chi connectivity index (χ0n) is 14.6. The summed E-state index contributed by atoms with van der Waals surface area (Å²) >= 11 is 0. The van der Waals surface area contributed by atoms with E-state index in [-0.39, 0.29) is 12.2 Å². The van der Waals surface area contributed by atoms with E-state index in [4.69, 9.17) is 4.74 Å². The molecule has 0 unspecified atom stereocenters. The molecule has 6 nitrogen and oxygen atoms in total. The zero-order chi connectivity index (χ0) is 18.3. The van der Waals surface area contributed by atoms with Crippen molar-refractivity contribution in [2.45, 2.75) is 13.2 Å². The van der Waals surface area contributed by atoms with Gasteiger partial charge in [-0.05, 0) is 35.4 Å². The third kappa shape index (κ3) is 2.55. The van der Waals surface area contributed by atoms with E-state index in [1.54, 1.807) is 13.3 Å². The first-order valence-electron chi connectivity index (χ1n) is 8.33. The molecule has 0 saturated carbocycles. The van der Waals surface area contributed by atoms with E-state index in [1.165, 1.54) is 4.68 Å². The molecule has 0 amide bonds. The van der Waals surface area contributed by atoms with Crippen LogP contribution in [0, 0.1) is 0 Å². The normalized spacial score (nSPS) is 11.3. The van der Waals surface area contributed by atoms with Gasteiger partial charge in [-0.3, -0.25) is 4.79 Å². The number of methoxy groups -OCH3 is 1. The number of rotatable bonds is 4. The van der Waals surface area contributed by atoms with Crippen molar-refractivity contribution in [3.63, 3.8) is 0 Å². The molecule has 0 spiro atoms. The van der Waals surface area contributed by atoms with Crippen LogP contribution in [-0.2, 0) is 20.2 Å². The largest absolute Gasteiger partial charge is 0.497 e. The summed E-state index contributed by atoms with van der Waals surface area (Å²) in [5.74, 6) is 0.748. The first kappa shape index (κ1) is 16.4. The van der Waals surface area contributed by atoms with Crippen LogP contribution < -0.4 is 10.3 Å². The lowest BCUT2D eigenvalue weighted by Crippen LogP contribution is -2.24. The van der Waals surface area contributed by atoms with Crippen LogP contribution in [0.25, 0.3) is 21.8 Å². The highest BCUT2D eigenvalue weighted by Gasteiger charge is 2.14. The Morgan fingerprint density at radius 1 is 1.12 bits per heavy atom. The van der Waals surface area contributed by atoms with Gasteiger partial charge in [0.25, 0.3) is 5.56 Å². The number of hydrogen-bond acceptors (Lipinski definition) is 4. The fourth-order valence-electron chi connectivity index (χ4n) is 3.37. The lowest BCUT2D eigenvalue weighted by molar-refractivity contribution is 0.282. The molecule has 0 aliphatic rings. The Labute approximate surface area is 149 Å². The van der Waals surface area contributed by atoms with Gasteiger partial charge < -0.3 is 14.4 Å². The lowest BCUT2D eigenvalue weighted by atomic mass is 10.1. The van der Waals surface area contributed by atoms with Gasteiger partial charge in [-0.25, -0.2) is 4.68 Å². The molecule has 4 aromatic rings. The predicted octanol–water partition coefficient (Wildman–Crippen LogP) is 2.44. The van der Waals surface area contributed by atoms with Crippen LogP contribution in [0.2, 0.25) is 0 Å². The second kappa shape index (κ2) is 6.31. The third-order valence-corrected chi connectivity index (χ3v) is 4.72. The van der Waals surface area contributed by atoms with Gasteiger partial charge in [0.05, 0.1) is 26.5 Å². The van der Waals surface area contributed by atoms with Crippen LogP contribution in [-0.4, -0.2) is 26.6 Å². The average Bonchev–Trinajstić information content (AvgIpc) is 2.96. The number of ether oxygens (including phenoxy) is 1. The lowest BCUT2D eigenvalue weighted by Gasteiger charge is -2.07. The quantitative estimate of drug-likeness (QED) is 0.614. The van der Waals surface area contributed by atoms with Crippen molar-refractivity contribution in [1.29, 1.82) is 0 Å². The fraction of sp³-hybridized carbons (Fsp3) is 0.200. The molecule has 2 aromatic heterocycles. The maximum absolute atomic E-state index is 13.0. The summed E-state index contributed by atoms with van der Waals surface area (Å²) in [6.45, 7) is 0.335. The molecule has 2 aromatic carbocycles. The van der Waals surface area contributed by atoms with Gasteiger partial charge in [-0.2, -0.15) is 5.10 Å². The van der Waals surface area contributed by atoms with Crippen LogP contribution in [0.15, 0.2) is 53.5 Å². The Balaban J connectivity index is 1.88. The van der Waals surface area contributed by atoms with Gasteiger partial charge >= 0.3 is 0 Å².